The van der Waals surface area contributed by atoms with Crippen LogP contribution in [0.3, 0.4) is 0 Å². The monoisotopic (exact) mass is 334 g/mol. The molecule has 0 spiro atoms. The summed E-state index contributed by atoms with van der Waals surface area (Å²) in [5.74, 6) is 0.317. The summed E-state index contributed by atoms with van der Waals surface area (Å²) in [5, 5.41) is 5.17. The molecule has 0 saturated heterocycles. The fraction of sp³-hybridized carbons (Fsp3) is 0.0769. The lowest BCUT2D eigenvalue weighted by molar-refractivity contribution is 0.101. The highest BCUT2D eigenvalue weighted by molar-refractivity contribution is 9.10. The van der Waals surface area contributed by atoms with Gasteiger partial charge in [0.2, 0.25) is 0 Å². The van der Waals surface area contributed by atoms with Crippen LogP contribution in [0.2, 0.25) is 0 Å². The minimum absolute atomic E-state index is 0.0221. The third-order valence-corrected chi connectivity index (χ3v) is 2.82. The number of aromatic nitrogens is 2. The van der Waals surface area contributed by atoms with Crippen molar-refractivity contribution in [3.05, 3.63) is 46.8 Å². The van der Waals surface area contributed by atoms with Gasteiger partial charge in [0.25, 0.3) is 0 Å². The summed E-state index contributed by atoms with van der Waals surface area (Å²) in [6, 6.07) is 6.18. The second-order valence-electron chi connectivity index (χ2n) is 3.94. The van der Waals surface area contributed by atoms with Gasteiger partial charge in [-0.3, -0.25) is 10.1 Å². The minimum Gasteiger partial charge on any atom is -0.308 e. The minimum atomic E-state index is -0.433. The highest BCUT2D eigenvalue weighted by Gasteiger charge is 2.05. The molecular formula is C13H11BrN4O2. The molecule has 2 rings (SSSR count). The number of nitrogens with zero attached hydrogens (tertiary/aromatic N) is 2. The third-order valence-electron chi connectivity index (χ3n) is 2.41. The maximum absolute atomic E-state index is 11.7. The molecule has 0 fully saturated rings. The maximum atomic E-state index is 11.7. The van der Waals surface area contributed by atoms with Crippen molar-refractivity contribution < 1.29 is 9.59 Å². The lowest BCUT2D eigenvalue weighted by Gasteiger charge is -2.07. The quantitative estimate of drug-likeness (QED) is 0.845. The molecule has 1 heterocycles. The Bertz CT molecular complexity index is 626. The van der Waals surface area contributed by atoms with Crippen LogP contribution in [0.4, 0.5) is 16.3 Å². The van der Waals surface area contributed by atoms with Gasteiger partial charge in [-0.2, -0.15) is 0 Å². The van der Waals surface area contributed by atoms with Crippen LogP contribution < -0.4 is 10.6 Å². The number of benzene rings is 1. The number of ketones is 1. The maximum Gasteiger partial charge on any atom is 0.324 e. The van der Waals surface area contributed by atoms with Crippen LogP contribution in [0.5, 0.6) is 0 Å². The zero-order valence-electron chi connectivity index (χ0n) is 10.6. The Morgan fingerprint density at radius 1 is 1.05 bits per heavy atom. The van der Waals surface area contributed by atoms with Gasteiger partial charge in [0.15, 0.2) is 11.6 Å². The molecule has 2 aromatic rings. The van der Waals surface area contributed by atoms with E-state index in [0.717, 1.165) is 0 Å². The molecule has 0 unspecified atom stereocenters. The Kier molecular flexibility index (Phi) is 4.41. The predicted octanol–water partition coefficient (Wildman–Crippen LogP) is 3.09. The van der Waals surface area contributed by atoms with E-state index < -0.39 is 6.03 Å². The van der Waals surface area contributed by atoms with Gasteiger partial charge >= 0.3 is 6.03 Å². The fourth-order valence-corrected chi connectivity index (χ4v) is 1.65. The van der Waals surface area contributed by atoms with E-state index in [2.05, 4.69) is 36.5 Å². The smallest absolute Gasteiger partial charge is 0.308 e. The standard InChI is InChI=1S/C13H11BrN4O2/c1-8(19)9-2-4-10(5-3-9)17-13(20)18-12-7-15-11(14)6-16-12/h2-7H,1H3,(H2,16,17,18,20). The number of hydrogen-bond acceptors (Lipinski definition) is 4. The largest absolute Gasteiger partial charge is 0.324 e. The number of carbonyl (C=O) groups excluding carboxylic acids is 2. The van der Waals surface area contributed by atoms with Crippen LogP contribution in [-0.4, -0.2) is 21.8 Å². The van der Waals surface area contributed by atoms with Gasteiger partial charge in [-0.05, 0) is 47.1 Å². The van der Waals surface area contributed by atoms with Crippen molar-refractivity contribution in [1.29, 1.82) is 0 Å². The summed E-state index contributed by atoms with van der Waals surface area (Å²) in [6.45, 7) is 1.49. The first kappa shape index (κ1) is 14.1. The lowest BCUT2D eigenvalue weighted by Crippen LogP contribution is -2.20. The predicted molar refractivity (Wildman–Crippen MR) is 78.8 cm³/mol. The Labute approximate surface area is 123 Å². The van der Waals surface area contributed by atoms with E-state index in [1.165, 1.54) is 19.3 Å². The average Bonchev–Trinajstić information content (AvgIpc) is 2.42. The molecular weight excluding hydrogens is 324 g/mol. The summed E-state index contributed by atoms with van der Waals surface area (Å²) < 4.78 is 0.586. The van der Waals surface area contributed by atoms with E-state index in [-0.39, 0.29) is 5.78 Å². The summed E-state index contributed by atoms with van der Waals surface area (Å²) in [6.07, 6.45) is 2.92. The lowest BCUT2D eigenvalue weighted by atomic mass is 10.1. The number of halogens is 1. The van der Waals surface area contributed by atoms with Crippen molar-refractivity contribution in [3.63, 3.8) is 0 Å². The number of rotatable bonds is 3. The van der Waals surface area contributed by atoms with E-state index in [0.29, 0.717) is 21.7 Å². The van der Waals surface area contributed by atoms with Crippen LogP contribution in [0.25, 0.3) is 0 Å². The second kappa shape index (κ2) is 6.25. The topological polar surface area (TPSA) is 84.0 Å². The number of anilines is 2. The third kappa shape index (κ3) is 3.86. The number of carbonyl (C=O) groups is 2. The van der Waals surface area contributed by atoms with E-state index in [4.69, 9.17) is 0 Å². The molecule has 20 heavy (non-hydrogen) atoms. The Balaban J connectivity index is 1.97. The van der Waals surface area contributed by atoms with Crippen molar-refractivity contribution in [2.45, 2.75) is 6.92 Å². The molecule has 2 amide bonds. The molecule has 7 heteroatoms. The highest BCUT2D eigenvalue weighted by atomic mass is 79.9. The van der Waals surface area contributed by atoms with Crippen LogP contribution in [0.1, 0.15) is 17.3 Å². The van der Waals surface area contributed by atoms with Crippen LogP contribution in [-0.2, 0) is 0 Å². The molecule has 0 bridgehead atoms. The first-order valence-electron chi connectivity index (χ1n) is 5.71. The van der Waals surface area contributed by atoms with Gasteiger partial charge in [0.1, 0.15) is 4.60 Å². The Hall–Kier alpha value is -2.28. The fourth-order valence-electron chi connectivity index (χ4n) is 1.44. The first-order chi connectivity index (χ1) is 9.54. The number of Topliss-reactive ketones (excluding diaryl/α,β-unsaturated/α-hetero) is 1. The molecule has 0 aliphatic heterocycles. The molecule has 102 valence electrons. The first-order valence-corrected chi connectivity index (χ1v) is 6.50. The summed E-state index contributed by atoms with van der Waals surface area (Å²) in [4.78, 5) is 30.8. The number of nitrogens with one attached hydrogen (secondary N) is 2. The van der Waals surface area contributed by atoms with E-state index >= 15 is 0 Å². The molecule has 0 saturated carbocycles. The normalized spacial score (nSPS) is 9.90. The second-order valence-corrected chi connectivity index (χ2v) is 4.75. The number of hydrogen-bond donors (Lipinski definition) is 2. The molecule has 0 radical (unpaired) electrons. The van der Waals surface area contributed by atoms with E-state index in [9.17, 15) is 9.59 Å². The molecule has 6 nitrogen and oxygen atoms in total. The zero-order valence-corrected chi connectivity index (χ0v) is 12.1. The molecule has 0 aliphatic carbocycles. The SMILES string of the molecule is CC(=O)c1ccc(NC(=O)Nc2cnc(Br)cn2)cc1. The average molecular weight is 335 g/mol. The van der Waals surface area contributed by atoms with Crippen molar-refractivity contribution in [1.82, 2.24) is 9.97 Å². The zero-order chi connectivity index (χ0) is 14.5. The summed E-state index contributed by atoms with van der Waals surface area (Å²) in [7, 11) is 0. The molecule has 0 aliphatic rings. The van der Waals surface area contributed by atoms with Crippen LogP contribution >= 0.6 is 15.9 Å². The van der Waals surface area contributed by atoms with Crippen LogP contribution in [0.15, 0.2) is 41.3 Å². The molecule has 1 aromatic carbocycles. The summed E-state index contributed by atoms with van der Waals surface area (Å²) >= 11 is 3.15. The summed E-state index contributed by atoms with van der Waals surface area (Å²) in [5.41, 5.74) is 1.17. The molecule has 0 atom stereocenters. The van der Waals surface area contributed by atoms with E-state index in [1.54, 1.807) is 24.3 Å². The van der Waals surface area contributed by atoms with Gasteiger partial charge in [-0.15, -0.1) is 0 Å². The molecule has 2 N–H and O–H groups in total. The Morgan fingerprint density at radius 3 is 2.30 bits per heavy atom. The van der Waals surface area contributed by atoms with Gasteiger partial charge in [0, 0.05) is 11.3 Å². The number of amides is 2. The van der Waals surface area contributed by atoms with Gasteiger partial charge < -0.3 is 5.32 Å². The van der Waals surface area contributed by atoms with Crippen molar-refractivity contribution in [2.75, 3.05) is 10.6 Å². The number of urea groups is 1. The van der Waals surface area contributed by atoms with Crippen molar-refractivity contribution in [3.8, 4) is 0 Å². The van der Waals surface area contributed by atoms with Gasteiger partial charge in [-0.25, -0.2) is 14.8 Å². The van der Waals surface area contributed by atoms with E-state index in [1.807, 2.05) is 0 Å². The molecule has 1 aromatic heterocycles. The van der Waals surface area contributed by atoms with Crippen LogP contribution in [0, 0.1) is 0 Å². The van der Waals surface area contributed by atoms with Crippen molar-refractivity contribution in [2.24, 2.45) is 0 Å². The Morgan fingerprint density at radius 2 is 1.75 bits per heavy atom. The van der Waals surface area contributed by atoms with Gasteiger partial charge in [-0.1, -0.05) is 0 Å². The highest BCUT2D eigenvalue weighted by Crippen LogP contribution is 2.11. The van der Waals surface area contributed by atoms with Gasteiger partial charge in [0.05, 0.1) is 12.4 Å². The van der Waals surface area contributed by atoms with Crippen molar-refractivity contribution >= 4 is 39.2 Å².